The van der Waals surface area contributed by atoms with E-state index in [2.05, 4.69) is 25.8 Å². The molecule has 100 valence electrons. The number of hydrogen-bond donors (Lipinski definition) is 0. The summed E-state index contributed by atoms with van der Waals surface area (Å²) in [6.45, 7) is 2.68. The molecule has 7 heteroatoms. The minimum atomic E-state index is -3.08. The predicted molar refractivity (Wildman–Crippen MR) is 75.2 cm³/mol. The topological polar surface area (TPSA) is 53.5 Å². The number of hydrogen-bond acceptors (Lipinski definition) is 4. The van der Waals surface area contributed by atoms with Gasteiger partial charge >= 0.3 is 0 Å². The van der Waals surface area contributed by atoms with Crippen LogP contribution in [0.25, 0.3) is 0 Å². The average Bonchev–Trinajstić information content (AvgIpc) is 2.53. The van der Waals surface area contributed by atoms with Gasteiger partial charge in [0.1, 0.15) is 0 Å². The van der Waals surface area contributed by atoms with Gasteiger partial charge in [-0.3, -0.25) is 4.98 Å². The largest absolute Gasteiger partial charge is 0.369 e. The van der Waals surface area contributed by atoms with Crippen LogP contribution in [0.3, 0.4) is 0 Å². The monoisotopic (exact) mass is 333 g/mol. The molecule has 0 aromatic carbocycles. The van der Waals surface area contributed by atoms with Crippen molar-refractivity contribution in [3.8, 4) is 0 Å². The lowest BCUT2D eigenvalue weighted by Gasteiger charge is -2.22. The molecular weight excluding hydrogens is 318 g/mol. The molecule has 2 heterocycles. The molecule has 5 nitrogen and oxygen atoms in total. The van der Waals surface area contributed by atoms with Gasteiger partial charge in [0.2, 0.25) is 10.0 Å². The van der Waals surface area contributed by atoms with Crippen LogP contribution in [-0.2, 0) is 10.0 Å². The van der Waals surface area contributed by atoms with E-state index in [0.717, 1.165) is 23.1 Å². The van der Waals surface area contributed by atoms with Crippen LogP contribution in [0.1, 0.15) is 6.42 Å². The third-order valence-corrected chi connectivity index (χ3v) is 4.72. The van der Waals surface area contributed by atoms with Crippen molar-refractivity contribution in [2.75, 3.05) is 37.3 Å². The SMILES string of the molecule is CS(=O)(=O)N1CCCN(c2cncc(Br)c2)CC1. The molecule has 18 heavy (non-hydrogen) atoms. The summed E-state index contributed by atoms with van der Waals surface area (Å²) in [7, 11) is -3.08. The van der Waals surface area contributed by atoms with Crippen molar-refractivity contribution >= 4 is 31.6 Å². The summed E-state index contributed by atoms with van der Waals surface area (Å²) in [4.78, 5) is 6.31. The third-order valence-electron chi connectivity index (χ3n) is 2.98. The number of pyridine rings is 1. The molecule has 1 fully saturated rings. The number of halogens is 1. The van der Waals surface area contributed by atoms with Gasteiger partial charge in [0, 0.05) is 36.8 Å². The third kappa shape index (κ3) is 3.43. The van der Waals surface area contributed by atoms with Crippen LogP contribution in [0.5, 0.6) is 0 Å². The van der Waals surface area contributed by atoms with Crippen molar-refractivity contribution in [3.05, 3.63) is 22.9 Å². The molecule has 0 atom stereocenters. The molecule has 1 aromatic rings. The molecule has 0 saturated carbocycles. The number of nitrogens with zero attached hydrogens (tertiary/aromatic N) is 3. The molecule has 2 rings (SSSR count). The first-order valence-electron chi connectivity index (χ1n) is 5.77. The number of sulfonamides is 1. The highest BCUT2D eigenvalue weighted by Crippen LogP contribution is 2.20. The Hall–Kier alpha value is -0.660. The van der Waals surface area contributed by atoms with Gasteiger partial charge in [0.25, 0.3) is 0 Å². The van der Waals surface area contributed by atoms with E-state index in [1.807, 2.05) is 6.07 Å². The fraction of sp³-hybridized carbons (Fsp3) is 0.545. The zero-order valence-electron chi connectivity index (χ0n) is 10.2. The van der Waals surface area contributed by atoms with E-state index in [4.69, 9.17) is 0 Å². The van der Waals surface area contributed by atoms with Gasteiger partial charge in [-0.2, -0.15) is 0 Å². The molecule has 0 bridgehead atoms. The van der Waals surface area contributed by atoms with Gasteiger partial charge < -0.3 is 4.90 Å². The lowest BCUT2D eigenvalue weighted by atomic mass is 10.3. The van der Waals surface area contributed by atoms with Gasteiger partial charge in [-0.15, -0.1) is 0 Å². The maximum Gasteiger partial charge on any atom is 0.211 e. The summed E-state index contributed by atoms with van der Waals surface area (Å²) in [5, 5.41) is 0. The van der Waals surface area contributed by atoms with Crippen LogP contribution in [-0.4, -0.2) is 50.1 Å². The molecule has 0 spiro atoms. The number of anilines is 1. The maximum absolute atomic E-state index is 11.5. The Kier molecular flexibility index (Phi) is 4.24. The summed E-state index contributed by atoms with van der Waals surface area (Å²) in [5.74, 6) is 0. The summed E-state index contributed by atoms with van der Waals surface area (Å²) in [5.41, 5.74) is 1.03. The quantitative estimate of drug-likeness (QED) is 0.819. The van der Waals surface area contributed by atoms with Crippen LogP contribution in [0, 0.1) is 0 Å². The summed E-state index contributed by atoms with van der Waals surface area (Å²) in [6.07, 6.45) is 5.65. The predicted octanol–water partition coefficient (Wildman–Crippen LogP) is 1.32. The second kappa shape index (κ2) is 5.54. The van der Waals surface area contributed by atoms with E-state index in [-0.39, 0.29) is 0 Å². The van der Waals surface area contributed by atoms with Crippen LogP contribution in [0.15, 0.2) is 22.9 Å². The standard InChI is InChI=1S/C11H16BrN3O2S/c1-18(16,17)15-4-2-3-14(5-6-15)11-7-10(12)8-13-9-11/h7-9H,2-6H2,1H3. The first-order valence-corrected chi connectivity index (χ1v) is 8.41. The molecule has 1 aliphatic heterocycles. The van der Waals surface area contributed by atoms with Gasteiger partial charge in [-0.25, -0.2) is 12.7 Å². The Balaban J connectivity index is 2.10. The minimum absolute atomic E-state index is 0.533. The van der Waals surface area contributed by atoms with Gasteiger partial charge in [-0.05, 0) is 28.4 Å². The molecule has 0 N–H and O–H groups in total. The molecular formula is C11H16BrN3O2S. The maximum atomic E-state index is 11.5. The minimum Gasteiger partial charge on any atom is -0.369 e. The highest BCUT2D eigenvalue weighted by Gasteiger charge is 2.21. The lowest BCUT2D eigenvalue weighted by molar-refractivity contribution is 0.437. The van der Waals surface area contributed by atoms with Crippen LogP contribution in [0.2, 0.25) is 0 Å². The lowest BCUT2D eigenvalue weighted by Crippen LogP contribution is -2.34. The van der Waals surface area contributed by atoms with Crippen molar-refractivity contribution in [2.45, 2.75) is 6.42 Å². The van der Waals surface area contributed by atoms with Crippen LogP contribution >= 0.6 is 15.9 Å². The Bertz CT molecular complexity index is 521. The summed E-state index contributed by atoms with van der Waals surface area (Å²) < 4.78 is 25.5. The molecule has 0 aliphatic carbocycles. The molecule has 0 amide bonds. The first-order chi connectivity index (χ1) is 8.47. The average molecular weight is 334 g/mol. The zero-order valence-corrected chi connectivity index (χ0v) is 12.6. The van der Waals surface area contributed by atoms with Crippen molar-refractivity contribution in [1.29, 1.82) is 0 Å². The Morgan fingerprint density at radius 2 is 2.00 bits per heavy atom. The highest BCUT2D eigenvalue weighted by molar-refractivity contribution is 9.10. The second-order valence-corrected chi connectivity index (χ2v) is 7.26. The van der Waals surface area contributed by atoms with Crippen LogP contribution in [0.4, 0.5) is 5.69 Å². The molecule has 0 radical (unpaired) electrons. The number of rotatable bonds is 2. The van der Waals surface area contributed by atoms with Crippen molar-refractivity contribution in [3.63, 3.8) is 0 Å². The molecule has 1 aliphatic rings. The summed E-state index contributed by atoms with van der Waals surface area (Å²) >= 11 is 3.40. The smallest absolute Gasteiger partial charge is 0.211 e. The Morgan fingerprint density at radius 1 is 1.22 bits per heavy atom. The fourth-order valence-electron chi connectivity index (χ4n) is 2.06. The molecule has 0 unspecified atom stereocenters. The van der Waals surface area contributed by atoms with E-state index < -0.39 is 10.0 Å². The normalized spacial score (nSPS) is 18.7. The number of aromatic nitrogens is 1. The first kappa shape index (κ1) is 13.8. The molecule has 1 saturated heterocycles. The van der Waals surface area contributed by atoms with Gasteiger partial charge in [0.15, 0.2) is 0 Å². The van der Waals surface area contributed by atoms with E-state index in [0.29, 0.717) is 19.6 Å². The Labute approximate surface area is 116 Å². The van der Waals surface area contributed by atoms with Gasteiger partial charge in [0.05, 0.1) is 18.1 Å². The second-order valence-electron chi connectivity index (χ2n) is 4.36. The van der Waals surface area contributed by atoms with Crippen molar-refractivity contribution in [2.24, 2.45) is 0 Å². The highest BCUT2D eigenvalue weighted by atomic mass is 79.9. The Morgan fingerprint density at radius 3 is 2.67 bits per heavy atom. The van der Waals surface area contributed by atoms with E-state index in [9.17, 15) is 8.42 Å². The fourth-order valence-corrected chi connectivity index (χ4v) is 3.28. The van der Waals surface area contributed by atoms with Crippen LogP contribution < -0.4 is 4.90 Å². The zero-order chi connectivity index (χ0) is 13.2. The van der Waals surface area contributed by atoms with E-state index >= 15 is 0 Å². The van der Waals surface area contributed by atoms with Gasteiger partial charge in [-0.1, -0.05) is 0 Å². The van der Waals surface area contributed by atoms with Crippen molar-refractivity contribution < 1.29 is 8.42 Å². The van der Waals surface area contributed by atoms with E-state index in [1.165, 1.54) is 6.26 Å². The van der Waals surface area contributed by atoms with E-state index in [1.54, 1.807) is 16.7 Å². The van der Waals surface area contributed by atoms with Crippen molar-refractivity contribution in [1.82, 2.24) is 9.29 Å². The molecule has 1 aromatic heterocycles. The summed E-state index contributed by atoms with van der Waals surface area (Å²) in [6, 6.07) is 2.00.